The molecule has 0 aromatic heterocycles. The normalized spacial score (nSPS) is 28.6. The Hall–Kier alpha value is -0.290. The number of likely N-dealkylation sites (tertiary alicyclic amines) is 1. The van der Waals surface area contributed by atoms with Gasteiger partial charge in [-0.15, -0.1) is 0 Å². The van der Waals surface area contributed by atoms with Crippen molar-refractivity contribution >= 4 is 0 Å². The second kappa shape index (κ2) is 4.76. The fourth-order valence-electron chi connectivity index (χ4n) is 2.56. The van der Waals surface area contributed by atoms with Crippen LogP contribution in [-0.4, -0.2) is 43.9 Å². The van der Waals surface area contributed by atoms with E-state index in [1.165, 1.54) is 0 Å². The Morgan fingerprint density at radius 2 is 2.06 bits per heavy atom. The summed E-state index contributed by atoms with van der Waals surface area (Å²) in [5.74, 6) is -1.12. The van der Waals surface area contributed by atoms with Gasteiger partial charge in [-0.3, -0.25) is 0 Å². The smallest absolute Gasteiger partial charge is 0.381 e. The lowest BCUT2D eigenvalue weighted by molar-refractivity contribution is -0.170. The van der Waals surface area contributed by atoms with E-state index in [1.807, 2.05) is 11.8 Å². The van der Waals surface area contributed by atoms with Gasteiger partial charge < -0.3 is 9.64 Å². The molecular weight excluding hydrogens is 231 g/mol. The summed E-state index contributed by atoms with van der Waals surface area (Å²) in [6.45, 7) is 4.88. The number of halogens is 3. The average molecular weight is 251 g/mol. The maximum Gasteiger partial charge on any atom is 0.393 e. The lowest BCUT2D eigenvalue weighted by Gasteiger charge is -2.23. The Morgan fingerprint density at radius 3 is 2.53 bits per heavy atom. The van der Waals surface area contributed by atoms with E-state index in [2.05, 4.69) is 0 Å². The van der Waals surface area contributed by atoms with Crippen molar-refractivity contribution in [1.29, 1.82) is 0 Å². The van der Waals surface area contributed by atoms with Crippen molar-refractivity contribution in [3.05, 3.63) is 0 Å². The SMILES string of the molecule is CCOCC1(CN2CC[C@H](C(F)(F)F)C2)CC1. The predicted octanol–water partition coefficient (Wildman–Crippen LogP) is 2.69. The van der Waals surface area contributed by atoms with Gasteiger partial charge in [-0.05, 0) is 32.7 Å². The van der Waals surface area contributed by atoms with Gasteiger partial charge in [0.1, 0.15) is 0 Å². The van der Waals surface area contributed by atoms with Crippen molar-refractivity contribution < 1.29 is 17.9 Å². The molecule has 0 spiro atoms. The van der Waals surface area contributed by atoms with Crippen LogP contribution in [0.2, 0.25) is 0 Å². The first kappa shape index (κ1) is 13.1. The molecule has 100 valence electrons. The molecule has 1 saturated heterocycles. The summed E-state index contributed by atoms with van der Waals surface area (Å²) in [4.78, 5) is 1.96. The van der Waals surface area contributed by atoms with Crippen LogP contribution in [0.3, 0.4) is 0 Å². The van der Waals surface area contributed by atoms with E-state index in [0.29, 0.717) is 19.8 Å². The highest BCUT2D eigenvalue weighted by Gasteiger charge is 2.48. The summed E-state index contributed by atoms with van der Waals surface area (Å²) in [6.07, 6.45) is -1.57. The molecule has 2 fully saturated rings. The van der Waals surface area contributed by atoms with E-state index < -0.39 is 12.1 Å². The summed E-state index contributed by atoms with van der Waals surface area (Å²) in [7, 11) is 0. The van der Waals surface area contributed by atoms with Crippen LogP contribution in [0.25, 0.3) is 0 Å². The van der Waals surface area contributed by atoms with Gasteiger partial charge in [-0.1, -0.05) is 0 Å². The molecule has 17 heavy (non-hydrogen) atoms. The molecule has 0 radical (unpaired) electrons. The summed E-state index contributed by atoms with van der Waals surface area (Å²) < 4.78 is 43.0. The van der Waals surface area contributed by atoms with E-state index in [0.717, 1.165) is 19.4 Å². The molecule has 5 heteroatoms. The maximum absolute atomic E-state index is 12.5. The van der Waals surface area contributed by atoms with Crippen LogP contribution in [0.5, 0.6) is 0 Å². The first-order valence-corrected chi connectivity index (χ1v) is 6.32. The first-order valence-electron chi connectivity index (χ1n) is 6.32. The zero-order chi connectivity index (χ0) is 12.5. The van der Waals surface area contributed by atoms with Crippen molar-refractivity contribution in [3.63, 3.8) is 0 Å². The second-order valence-corrected chi connectivity index (χ2v) is 5.40. The van der Waals surface area contributed by atoms with E-state index >= 15 is 0 Å². The van der Waals surface area contributed by atoms with Crippen molar-refractivity contribution in [2.45, 2.75) is 32.4 Å². The van der Waals surface area contributed by atoms with E-state index in [-0.39, 0.29) is 18.4 Å². The van der Waals surface area contributed by atoms with Crippen molar-refractivity contribution in [2.75, 3.05) is 32.8 Å². The molecule has 1 aliphatic heterocycles. The van der Waals surface area contributed by atoms with Crippen molar-refractivity contribution in [2.24, 2.45) is 11.3 Å². The lowest BCUT2D eigenvalue weighted by atomic mass is 10.1. The third kappa shape index (κ3) is 3.35. The number of nitrogens with zero attached hydrogens (tertiary/aromatic N) is 1. The van der Waals surface area contributed by atoms with E-state index in [4.69, 9.17) is 4.74 Å². The predicted molar refractivity (Wildman–Crippen MR) is 58.8 cm³/mol. The molecule has 0 bridgehead atoms. The van der Waals surface area contributed by atoms with Gasteiger partial charge in [0.25, 0.3) is 0 Å². The topological polar surface area (TPSA) is 12.5 Å². The van der Waals surface area contributed by atoms with Crippen LogP contribution in [0.4, 0.5) is 13.2 Å². The Morgan fingerprint density at radius 1 is 1.35 bits per heavy atom. The van der Waals surface area contributed by atoms with Gasteiger partial charge in [0.15, 0.2) is 0 Å². The molecule has 1 heterocycles. The van der Waals surface area contributed by atoms with Crippen molar-refractivity contribution in [1.82, 2.24) is 4.90 Å². The number of hydrogen-bond acceptors (Lipinski definition) is 2. The molecule has 2 rings (SSSR count). The number of alkyl halides is 3. The third-order valence-electron chi connectivity index (χ3n) is 3.86. The lowest BCUT2D eigenvalue weighted by Crippen LogP contribution is -2.33. The van der Waals surface area contributed by atoms with Crippen molar-refractivity contribution in [3.8, 4) is 0 Å². The standard InChI is InChI=1S/C12H20F3NO/c1-2-17-9-11(4-5-11)8-16-6-3-10(7-16)12(13,14)15/h10H,2-9H2,1H3/t10-/m0/s1. The van der Waals surface area contributed by atoms with E-state index in [9.17, 15) is 13.2 Å². The summed E-state index contributed by atoms with van der Waals surface area (Å²) >= 11 is 0. The minimum absolute atomic E-state index is 0.163. The second-order valence-electron chi connectivity index (χ2n) is 5.40. The van der Waals surface area contributed by atoms with Gasteiger partial charge in [-0.2, -0.15) is 13.2 Å². The monoisotopic (exact) mass is 251 g/mol. The summed E-state index contributed by atoms with van der Waals surface area (Å²) in [5.41, 5.74) is 0.163. The Balaban J connectivity index is 1.78. The third-order valence-corrected chi connectivity index (χ3v) is 3.86. The van der Waals surface area contributed by atoms with Gasteiger partial charge in [0.05, 0.1) is 12.5 Å². The Labute approximate surface area is 100 Å². The number of rotatable bonds is 5. The summed E-state index contributed by atoms with van der Waals surface area (Å²) in [5, 5.41) is 0. The fraction of sp³-hybridized carbons (Fsp3) is 1.00. The molecule has 0 aromatic carbocycles. The quantitative estimate of drug-likeness (QED) is 0.745. The highest BCUT2D eigenvalue weighted by molar-refractivity contribution is 4.97. The minimum atomic E-state index is -4.02. The van der Waals surface area contributed by atoms with Gasteiger partial charge in [0.2, 0.25) is 0 Å². The van der Waals surface area contributed by atoms with Crippen LogP contribution in [0.15, 0.2) is 0 Å². The number of ether oxygens (including phenoxy) is 1. The highest BCUT2D eigenvalue weighted by atomic mass is 19.4. The molecule has 2 aliphatic rings. The molecule has 0 amide bonds. The Bertz CT molecular complexity index is 263. The van der Waals surface area contributed by atoms with Gasteiger partial charge >= 0.3 is 6.18 Å². The summed E-state index contributed by atoms with van der Waals surface area (Å²) in [6, 6.07) is 0. The van der Waals surface area contributed by atoms with Crippen LogP contribution in [-0.2, 0) is 4.74 Å². The molecule has 0 N–H and O–H groups in total. The van der Waals surface area contributed by atoms with Crippen LogP contribution >= 0.6 is 0 Å². The molecule has 0 aromatic rings. The van der Waals surface area contributed by atoms with Gasteiger partial charge in [0, 0.05) is 25.1 Å². The average Bonchev–Trinajstić information content (AvgIpc) is 2.81. The highest BCUT2D eigenvalue weighted by Crippen LogP contribution is 2.47. The van der Waals surface area contributed by atoms with E-state index in [1.54, 1.807) is 0 Å². The largest absolute Gasteiger partial charge is 0.393 e. The van der Waals surface area contributed by atoms with Gasteiger partial charge in [-0.25, -0.2) is 0 Å². The van der Waals surface area contributed by atoms with Crippen LogP contribution < -0.4 is 0 Å². The molecule has 1 atom stereocenters. The maximum atomic E-state index is 12.5. The van der Waals surface area contributed by atoms with Crippen LogP contribution in [0, 0.1) is 11.3 Å². The fourth-order valence-corrected chi connectivity index (χ4v) is 2.56. The molecule has 1 aliphatic carbocycles. The first-order chi connectivity index (χ1) is 7.95. The zero-order valence-corrected chi connectivity index (χ0v) is 10.2. The minimum Gasteiger partial charge on any atom is -0.381 e. The molecule has 0 unspecified atom stereocenters. The molecular formula is C12H20F3NO. The number of hydrogen-bond donors (Lipinski definition) is 0. The Kier molecular flexibility index (Phi) is 3.69. The van der Waals surface area contributed by atoms with Crippen LogP contribution in [0.1, 0.15) is 26.2 Å². The zero-order valence-electron chi connectivity index (χ0n) is 10.2. The molecule has 1 saturated carbocycles. The molecule has 2 nitrogen and oxygen atoms in total.